The summed E-state index contributed by atoms with van der Waals surface area (Å²) >= 11 is 8.05. The Balaban J connectivity index is 0.778. The molecule has 5 heterocycles. The smallest absolute Gasteiger partial charge is 0.409 e. The minimum Gasteiger partial charge on any atom is -0.491 e. The first-order chi connectivity index (χ1) is 40.4. The van der Waals surface area contributed by atoms with E-state index in [1.54, 1.807) is 48.2 Å². The van der Waals surface area contributed by atoms with Gasteiger partial charge in [0.05, 0.1) is 67.6 Å². The van der Waals surface area contributed by atoms with Gasteiger partial charge in [-0.15, -0.1) is 22.0 Å². The van der Waals surface area contributed by atoms with Crippen LogP contribution in [0.25, 0.3) is 0 Å². The highest BCUT2D eigenvalue weighted by atomic mass is 35.5. The Kier molecular flexibility index (Phi) is 22.2. The molecule has 21 nitrogen and oxygen atoms in total. The van der Waals surface area contributed by atoms with E-state index in [0.717, 1.165) is 60.5 Å². The molecule has 4 aliphatic rings. The van der Waals surface area contributed by atoms with E-state index >= 15 is 0 Å². The number of anilines is 2. The number of nitrogens with zero attached hydrogens (tertiary/aromatic N) is 6. The van der Waals surface area contributed by atoms with E-state index in [4.69, 9.17) is 40.3 Å². The highest BCUT2D eigenvalue weighted by molar-refractivity contribution is 8.03. The van der Waals surface area contributed by atoms with Crippen molar-refractivity contribution in [3.63, 3.8) is 0 Å². The van der Waals surface area contributed by atoms with Gasteiger partial charge in [0.1, 0.15) is 35.9 Å². The molecule has 0 saturated carbocycles. The van der Waals surface area contributed by atoms with Gasteiger partial charge >= 0.3 is 12.1 Å². The van der Waals surface area contributed by atoms with Crippen LogP contribution in [0.5, 0.6) is 5.75 Å². The highest BCUT2D eigenvalue weighted by Crippen LogP contribution is 2.53. The molecule has 3 aromatic carbocycles. The molecule has 0 aliphatic carbocycles. The van der Waals surface area contributed by atoms with Crippen molar-refractivity contribution in [3.8, 4) is 5.75 Å². The maximum Gasteiger partial charge on any atom is 0.409 e. The van der Waals surface area contributed by atoms with Crippen LogP contribution < -0.4 is 20.7 Å². The SMILES string of the molecule is CC1=C(C)C2C(c3ccc(Cl)cc3)=N[C@@H](CC(=O)Nc3ccc(OCCOCCN(CCOCCNc4cccc5c4C(=O)N(C4CCC(=O)NC4=O)C5=O)C(=O)OCCCCCCCCCC(=O)OC(C)(C)C)cc3)c3nnc(C)n3C2S1. The number of carbonyl (C=O) groups is 7. The van der Waals surface area contributed by atoms with Crippen molar-refractivity contribution in [1.82, 2.24) is 29.9 Å². The van der Waals surface area contributed by atoms with Crippen LogP contribution in [-0.2, 0) is 38.1 Å². The molecule has 1 saturated heterocycles. The number of aromatic nitrogens is 3. The first-order valence-corrected chi connectivity index (χ1v) is 30.1. The minimum absolute atomic E-state index is 0.0210. The standard InChI is InChI=1S/C61H76ClN9O12S/c1-38-39(2)84-59-52(38)54(41-18-20-42(62)21-19-41)65-47(55-68-67-40(3)70(55)59)37-50(73)64-43-22-24-44(25-23-43)81-36-35-80-34-30-69(60(78)82-31-13-11-9-7-8-10-12-17-51(74)83-61(4,5)6)29-33-79-32-28-63-46-16-14-15-45-53(46)58(77)71(57(45)76)48-26-27-49(72)66-56(48)75/h14-16,18-25,47-48,52,59,63H,7-13,17,26-37H2,1-6H3,(H,64,73)(H,66,72,75)/t47-,48?,52?,59?/m0/s1. The van der Waals surface area contributed by atoms with Gasteiger partial charge in [-0.3, -0.25) is 48.5 Å². The summed E-state index contributed by atoms with van der Waals surface area (Å²) in [6, 6.07) is 17.9. The number of aliphatic imine (C=N–C) groups is 1. The third kappa shape index (κ3) is 16.6. The number of hydrogen-bond acceptors (Lipinski definition) is 17. The van der Waals surface area contributed by atoms with Crippen LogP contribution in [0.3, 0.4) is 0 Å². The molecule has 3 unspecified atom stereocenters. The molecule has 4 atom stereocenters. The Labute approximate surface area is 499 Å². The van der Waals surface area contributed by atoms with Gasteiger partial charge < -0.3 is 39.2 Å². The maximum absolute atomic E-state index is 13.7. The second-order valence-electron chi connectivity index (χ2n) is 22.1. The van der Waals surface area contributed by atoms with Gasteiger partial charge in [0.15, 0.2) is 5.82 Å². The number of imide groups is 2. The fourth-order valence-electron chi connectivity index (χ4n) is 10.5. The van der Waals surface area contributed by atoms with Crippen molar-refractivity contribution in [3.05, 3.63) is 111 Å². The van der Waals surface area contributed by atoms with Gasteiger partial charge in [0.2, 0.25) is 17.7 Å². The zero-order valence-electron chi connectivity index (χ0n) is 48.7. The topological polar surface area (TPSA) is 251 Å². The lowest BCUT2D eigenvalue weighted by Crippen LogP contribution is -2.54. The largest absolute Gasteiger partial charge is 0.491 e. The number of piperidine rings is 1. The summed E-state index contributed by atoms with van der Waals surface area (Å²) < 4.78 is 31.0. The highest BCUT2D eigenvalue weighted by Gasteiger charge is 2.46. The molecule has 3 N–H and O–H groups in total. The van der Waals surface area contributed by atoms with Gasteiger partial charge in [0, 0.05) is 48.9 Å². The van der Waals surface area contributed by atoms with E-state index in [1.807, 2.05) is 52.0 Å². The second kappa shape index (κ2) is 29.6. The molecule has 450 valence electrons. The van der Waals surface area contributed by atoms with Crippen LogP contribution in [0.4, 0.5) is 16.2 Å². The number of fused-ring (bicyclic) bond motifs is 4. The molecular weight excluding hydrogens is 1120 g/mol. The van der Waals surface area contributed by atoms with Gasteiger partial charge in [0.25, 0.3) is 11.8 Å². The molecular formula is C61H76ClN9O12S. The van der Waals surface area contributed by atoms with E-state index in [9.17, 15) is 33.6 Å². The zero-order chi connectivity index (χ0) is 59.9. The Morgan fingerprint density at radius 1 is 0.810 bits per heavy atom. The summed E-state index contributed by atoms with van der Waals surface area (Å²) in [6.45, 7) is 13.7. The zero-order valence-corrected chi connectivity index (χ0v) is 50.2. The van der Waals surface area contributed by atoms with Gasteiger partial charge in [-0.2, -0.15) is 0 Å². The van der Waals surface area contributed by atoms with Crippen molar-refractivity contribution < 1.29 is 57.2 Å². The van der Waals surface area contributed by atoms with E-state index in [0.29, 0.717) is 40.8 Å². The molecule has 0 bridgehead atoms. The Morgan fingerprint density at radius 3 is 2.23 bits per heavy atom. The summed E-state index contributed by atoms with van der Waals surface area (Å²) in [4.78, 5) is 99.2. The van der Waals surface area contributed by atoms with Crippen molar-refractivity contribution in [1.29, 1.82) is 0 Å². The summed E-state index contributed by atoms with van der Waals surface area (Å²) in [5.74, 6) is -0.812. The molecule has 4 aromatic rings. The lowest BCUT2D eigenvalue weighted by molar-refractivity contribution is -0.155. The number of esters is 1. The third-order valence-corrected chi connectivity index (χ3v) is 16.4. The van der Waals surface area contributed by atoms with Crippen LogP contribution in [0, 0.1) is 12.8 Å². The number of amides is 6. The summed E-state index contributed by atoms with van der Waals surface area (Å²) in [6.07, 6.45) is 6.37. The Morgan fingerprint density at radius 2 is 1.51 bits per heavy atom. The van der Waals surface area contributed by atoms with Gasteiger partial charge in [-0.1, -0.05) is 67.5 Å². The number of carbonyl (C=O) groups excluding carboxylic acids is 7. The summed E-state index contributed by atoms with van der Waals surface area (Å²) in [7, 11) is 0. The van der Waals surface area contributed by atoms with Crippen LogP contribution in [0.2, 0.25) is 5.02 Å². The average molecular weight is 1190 g/mol. The molecule has 23 heteroatoms. The number of hydrogen-bond donors (Lipinski definition) is 3. The van der Waals surface area contributed by atoms with E-state index in [1.165, 1.54) is 21.4 Å². The number of aryl methyl sites for hydroxylation is 1. The number of unbranched alkanes of at least 4 members (excludes halogenated alkanes) is 6. The number of nitrogens with one attached hydrogen (secondary N) is 3. The number of rotatable bonds is 29. The van der Waals surface area contributed by atoms with Gasteiger partial charge in [-0.05, 0) is 120 Å². The fourth-order valence-corrected chi connectivity index (χ4v) is 12.1. The quantitative estimate of drug-likeness (QED) is 0.0260. The van der Waals surface area contributed by atoms with Crippen LogP contribution in [0.1, 0.15) is 155 Å². The summed E-state index contributed by atoms with van der Waals surface area (Å²) in [5, 5.41) is 18.0. The molecule has 4 aliphatic heterocycles. The molecule has 84 heavy (non-hydrogen) atoms. The monoisotopic (exact) mass is 1190 g/mol. The molecule has 0 spiro atoms. The molecule has 1 fully saturated rings. The predicted octanol–water partition coefficient (Wildman–Crippen LogP) is 9.79. The second-order valence-corrected chi connectivity index (χ2v) is 23.9. The number of allylic oxidation sites excluding steroid dienone is 2. The summed E-state index contributed by atoms with van der Waals surface area (Å²) in [5.41, 5.74) is 3.87. The van der Waals surface area contributed by atoms with E-state index < -0.39 is 47.4 Å². The number of thioether (sulfide) groups is 1. The van der Waals surface area contributed by atoms with Crippen molar-refractivity contribution in [2.75, 3.05) is 69.9 Å². The Bertz CT molecular complexity index is 3090. The van der Waals surface area contributed by atoms with E-state index in [2.05, 4.69) is 44.6 Å². The minimum atomic E-state index is -1.08. The number of halogens is 1. The Hall–Kier alpha value is -7.14. The number of benzene rings is 3. The third-order valence-electron chi connectivity index (χ3n) is 14.8. The molecule has 6 amide bonds. The predicted molar refractivity (Wildman–Crippen MR) is 318 cm³/mol. The molecule has 1 aromatic heterocycles. The lowest BCUT2D eigenvalue weighted by Gasteiger charge is -2.27. The van der Waals surface area contributed by atoms with Crippen LogP contribution in [0.15, 0.2) is 82.2 Å². The van der Waals surface area contributed by atoms with Crippen molar-refractivity contribution >= 4 is 82.0 Å². The average Bonchev–Trinajstić information content (AvgIpc) is 2.42. The maximum atomic E-state index is 13.7. The van der Waals surface area contributed by atoms with E-state index in [-0.39, 0.29) is 113 Å². The van der Waals surface area contributed by atoms with Crippen LogP contribution in [-0.4, -0.2) is 143 Å². The first kappa shape index (κ1) is 62.9. The van der Waals surface area contributed by atoms with Crippen LogP contribution >= 0.6 is 23.4 Å². The lowest BCUT2D eigenvalue weighted by atomic mass is 9.90. The number of ether oxygens (including phenoxy) is 5. The van der Waals surface area contributed by atoms with Crippen molar-refractivity contribution in [2.24, 2.45) is 10.9 Å². The van der Waals surface area contributed by atoms with Crippen molar-refractivity contribution in [2.45, 2.75) is 135 Å². The molecule has 0 radical (unpaired) electrons. The fraction of sp³-hybridized carbons (Fsp3) is 0.508. The van der Waals surface area contributed by atoms with Gasteiger partial charge in [-0.25, -0.2) is 4.79 Å². The normalized spacial score (nSPS) is 18.4. The first-order valence-electron chi connectivity index (χ1n) is 28.9. The molecule has 8 rings (SSSR count).